The first-order chi connectivity index (χ1) is 9.81. The highest BCUT2D eigenvalue weighted by molar-refractivity contribution is 5.75. The minimum atomic E-state index is -4.91. The molecule has 5 nitrogen and oxygen atoms in total. The maximum atomic E-state index is 12.3. The van der Waals surface area contributed by atoms with Gasteiger partial charge in [-0.3, -0.25) is 4.98 Å². The second kappa shape index (κ2) is 5.39. The first kappa shape index (κ1) is 14.8. The maximum absolute atomic E-state index is 12.3. The molecule has 0 saturated carbocycles. The number of ether oxygens (including phenoxy) is 2. The summed E-state index contributed by atoms with van der Waals surface area (Å²) in [7, 11) is 1.37. The summed E-state index contributed by atoms with van der Waals surface area (Å²) in [5, 5.41) is 9.42. The van der Waals surface area contributed by atoms with Crippen molar-refractivity contribution in [1.82, 2.24) is 4.98 Å². The third-order valence-corrected chi connectivity index (χ3v) is 2.60. The van der Waals surface area contributed by atoms with Gasteiger partial charge in [-0.25, -0.2) is 0 Å². The molecule has 8 heteroatoms. The molecule has 0 fully saturated rings. The number of nitrogen functional groups attached to an aromatic ring is 1. The van der Waals surface area contributed by atoms with Gasteiger partial charge in [0.1, 0.15) is 5.69 Å². The summed E-state index contributed by atoms with van der Waals surface area (Å²) in [6, 6.07) is 4.95. The van der Waals surface area contributed by atoms with Gasteiger partial charge in [0, 0.05) is 11.8 Å². The number of hydrogen-bond donors (Lipinski definition) is 2. The van der Waals surface area contributed by atoms with Crippen molar-refractivity contribution in [2.75, 3.05) is 12.8 Å². The van der Waals surface area contributed by atoms with E-state index in [1.54, 1.807) is 0 Å². The number of pyridine rings is 1. The first-order valence-corrected chi connectivity index (χ1v) is 5.69. The Bertz CT molecular complexity index is 660. The fourth-order valence-electron chi connectivity index (χ4n) is 1.75. The van der Waals surface area contributed by atoms with E-state index >= 15 is 0 Å². The number of phenols is 1. The standard InChI is InChI=1S/C13H11F3N2O3/c1-20-12-8(17)4-5-18-11(12)7-2-3-9(19)10(6-7)21-13(14,15)16/h2-6,19H,1H3,(H2,17,18). The Kier molecular flexibility index (Phi) is 3.79. The summed E-state index contributed by atoms with van der Waals surface area (Å²) in [6.07, 6.45) is -3.52. The predicted molar refractivity (Wildman–Crippen MR) is 69.0 cm³/mol. The van der Waals surface area contributed by atoms with Crippen LogP contribution in [0.1, 0.15) is 0 Å². The van der Waals surface area contributed by atoms with Crippen LogP contribution >= 0.6 is 0 Å². The maximum Gasteiger partial charge on any atom is 0.573 e. The van der Waals surface area contributed by atoms with Crippen molar-refractivity contribution in [3.63, 3.8) is 0 Å². The Morgan fingerprint density at radius 2 is 1.95 bits per heavy atom. The molecule has 1 aromatic carbocycles. The highest BCUT2D eigenvalue weighted by Crippen LogP contribution is 2.38. The molecule has 0 atom stereocenters. The SMILES string of the molecule is COc1c(N)ccnc1-c1ccc(O)c(OC(F)(F)F)c1. The Balaban J connectivity index is 2.51. The van der Waals surface area contributed by atoms with Crippen molar-refractivity contribution in [2.45, 2.75) is 6.36 Å². The molecule has 2 aromatic rings. The van der Waals surface area contributed by atoms with E-state index in [9.17, 15) is 18.3 Å². The van der Waals surface area contributed by atoms with Crippen LogP contribution < -0.4 is 15.2 Å². The predicted octanol–water partition coefficient (Wildman–Crippen LogP) is 2.94. The lowest BCUT2D eigenvalue weighted by molar-refractivity contribution is -0.275. The largest absolute Gasteiger partial charge is 0.573 e. The molecular weight excluding hydrogens is 289 g/mol. The quantitative estimate of drug-likeness (QED) is 0.911. The smallest absolute Gasteiger partial charge is 0.504 e. The summed E-state index contributed by atoms with van der Waals surface area (Å²) >= 11 is 0. The van der Waals surface area contributed by atoms with Gasteiger partial charge in [0.25, 0.3) is 0 Å². The number of hydrogen-bond acceptors (Lipinski definition) is 5. The molecule has 0 aliphatic rings. The van der Waals surface area contributed by atoms with Gasteiger partial charge < -0.3 is 20.3 Å². The number of anilines is 1. The molecule has 112 valence electrons. The van der Waals surface area contributed by atoms with Crippen LogP contribution in [0.5, 0.6) is 17.2 Å². The second-order valence-corrected chi connectivity index (χ2v) is 4.01. The van der Waals surface area contributed by atoms with E-state index in [0.29, 0.717) is 0 Å². The summed E-state index contributed by atoms with van der Waals surface area (Å²) < 4.78 is 45.7. The Labute approximate surface area is 117 Å². The van der Waals surface area contributed by atoms with Crippen molar-refractivity contribution < 1.29 is 27.8 Å². The van der Waals surface area contributed by atoms with Gasteiger partial charge >= 0.3 is 6.36 Å². The summed E-state index contributed by atoms with van der Waals surface area (Å²) in [5.74, 6) is -1.15. The number of benzene rings is 1. The van der Waals surface area contributed by atoms with Gasteiger partial charge in [0.15, 0.2) is 17.2 Å². The molecule has 0 amide bonds. The van der Waals surface area contributed by atoms with Gasteiger partial charge in [-0.05, 0) is 24.3 Å². The minimum absolute atomic E-state index is 0.223. The van der Waals surface area contributed by atoms with E-state index in [-0.39, 0.29) is 22.7 Å². The highest BCUT2D eigenvalue weighted by Gasteiger charge is 2.32. The lowest BCUT2D eigenvalue weighted by Crippen LogP contribution is -2.17. The van der Waals surface area contributed by atoms with Gasteiger partial charge in [-0.2, -0.15) is 0 Å². The van der Waals surface area contributed by atoms with E-state index < -0.39 is 17.9 Å². The van der Waals surface area contributed by atoms with Crippen LogP contribution in [0.2, 0.25) is 0 Å². The number of aromatic nitrogens is 1. The van der Waals surface area contributed by atoms with E-state index in [4.69, 9.17) is 10.5 Å². The molecule has 21 heavy (non-hydrogen) atoms. The summed E-state index contributed by atoms with van der Waals surface area (Å²) in [4.78, 5) is 4.02. The van der Waals surface area contributed by atoms with Crippen LogP contribution in [0.25, 0.3) is 11.3 Å². The highest BCUT2D eigenvalue weighted by atomic mass is 19.4. The van der Waals surface area contributed by atoms with E-state index in [1.807, 2.05) is 0 Å². The molecular formula is C13H11F3N2O3. The van der Waals surface area contributed by atoms with E-state index in [0.717, 1.165) is 12.1 Å². The fourth-order valence-corrected chi connectivity index (χ4v) is 1.75. The molecule has 1 heterocycles. The molecule has 0 saturated heterocycles. The summed E-state index contributed by atoms with van der Waals surface area (Å²) in [5.41, 5.74) is 6.50. The third-order valence-electron chi connectivity index (χ3n) is 2.60. The van der Waals surface area contributed by atoms with Crippen molar-refractivity contribution in [1.29, 1.82) is 0 Å². The van der Waals surface area contributed by atoms with Crippen LogP contribution in [-0.4, -0.2) is 23.6 Å². The molecule has 0 spiro atoms. The average molecular weight is 300 g/mol. The van der Waals surface area contributed by atoms with Crippen LogP contribution in [0.4, 0.5) is 18.9 Å². The number of aromatic hydroxyl groups is 1. The molecule has 1 aromatic heterocycles. The zero-order valence-corrected chi connectivity index (χ0v) is 10.8. The first-order valence-electron chi connectivity index (χ1n) is 5.69. The Morgan fingerprint density at radius 3 is 2.57 bits per heavy atom. The van der Waals surface area contributed by atoms with Gasteiger partial charge in [-0.15, -0.1) is 13.2 Å². The topological polar surface area (TPSA) is 77.6 Å². The Hall–Kier alpha value is -2.64. The molecule has 2 rings (SSSR count). The molecule has 0 bridgehead atoms. The fraction of sp³-hybridized carbons (Fsp3) is 0.154. The zero-order valence-electron chi connectivity index (χ0n) is 10.8. The van der Waals surface area contributed by atoms with Gasteiger partial charge in [0.2, 0.25) is 0 Å². The third kappa shape index (κ3) is 3.28. The number of halogens is 3. The average Bonchev–Trinajstić information content (AvgIpc) is 2.39. The van der Waals surface area contributed by atoms with Gasteiger partial charge in [0.05, 0.1) is 12.8 Å². The normalized spacial score (nSPS) is 11.2. The van der Waals surface area contributed by atoms with Crippen molar-refractivity contribution >= 4 is 5.69 Å². The lowest BCUT2D eigenvalue weighted by Gasteiger charge is -2.13. The van der Waals surface area contributed by atoms with Crippen molar-refractivity contribution in [3.05, 3.63) is 30.5 Å². The lowest BCUT2D eigenvalue weighted by atomic mass is 10.1. The second-order valence-electron chi connectivity index (χ2n) is 4.01. The van der Waals surface area contributed by atoms with Gasteiger partial charge in [-0.1, -0.05) is 0 Å². The van der Waals surface area contributed by atoms with Crippen LogP contribution in [0.3, 0.4) is 0 Å². The molecule has 3 N–H and O–H groups in total. The van der Waals surface area contributed by atoms with Crippen molar-refractivity contribution in [3.8, 4) is 28.5 Å². The van der Waals surface area contributed by atoms with Crippen LogP contribution in [0, 0.1) is 0 Å². The van der Waals surface area contributed by atoms with Crippen LogP contribution in [-0.2, 0) is 0 Å². The summed E-state index contributed by atoms with van der Waals surface area (Å²) in [6.45, 7) is 0. The number of alkyl halides is 3. The molecule has 0 aliphatic carbocycles. The minimum Gasteiger partial charge on any atom is -0.504 e. The molecule has 0 unspecified atom stereocenters. The number of phenolic OH excluding ortho intramolecular Hbond substituents is 1. The number of methoxy groups -OCH3 is 1. The Morgan fingerprint density at radius 1 is 1.24 bits per heavy atom. The van der Waals surface area contributed by atoms with E-state index in [1.165, 1.54) is 25.4 Å². The number of rotatable bonds is 3. The number of nitrogens with zero attached hydrogens (tertiary/aromatic N) is 1. The molecule has 0 radical (unpaired) electrons. The molecule has 0 aliphatic heterocycles. The van der Waals surface area contributed by atoms with Crippen LogP contribution in [0.15, 0.2) is 30.5 Å². The monoisotopic (exact) mass is 300 g/mol. The van der Waals surface area contributed by atoms with Crippen molar-refractivity contribution in [2.24, 2.45) is 0 Å². The zero-order chi connectivity index (χ0) is 15.6. The number of nitrogens with two attached hydrogens (primary N) is 1. The van der Waals surface area contributed by atoms with E-state index in [2.05, 4.69) is 9.72 Å².